The molecule has 0 unspecified atom stereocenters. The monoisotopic (exact) mass is 294 g/mol. The Kier molecular flexibility index (Phi) is 3.53. The maximum Gasteiger partial charge on any atom is 0.125 e. The Balaban J connectivity index is 1.97. The summed E-state index contributed by atoms with van der Waals surface area (Å²) in [6.45, 7) is 0.763. The maximum absolute atomic E-state index is 13.4. The van der Waals surface area contributed by atoms with Crippen molar-refractivity contribution in [1.82, 2.24) is 9.55 Å². The number of aryl methyl sites for hydroxylation is 2. The summed E-state index contributed by atoms with van der Waals surface area (Å²) >= 11 is 7.61. The Bertz CT molecular complexity index is 691. The lowest BCUT2D eigenvalue weighted by Gasteiger charge is -2.06. The van der Waals surface area contributed by atoms with Gasteiger partial charge in [0, 0.05) is 6.54 Å². The fourth-order valence-corrected chi connectivity index (χ4v) is 3.08. The standard InChI is InChI=1S/C14H12ClFN2S/c15-8-14-17-12-2-1-11(16)7-13(12)18(14)5-3-10-4-6-19-9-10/h1-2,4,6-7,9H,3,5,8H2. The molecule has 5 heteroatoms. The zero-order valence-corrected chi connectivity index (χ0v) is 11.7. The van der Waals surface area contributed by atoms with E-state index in [0.29, 0.717) is 5.88 Å². The van der Waals surface area contributed by atoms with E-state index in [2.05, 4.69) is 21.8 Å². The zero-order valence-electron chi connectivity index (χ0n) is 10.1. The predicted octanol–water partition coefficient (Wildman–Crippen LogP) is 4.22. The van der Waals surface area contributed by atoms with Gasteiger partial charge in [-0.1, -0.05) is 0 Å². The first kappa shape index (κ1) is 12.6. The summed E-state index contributed by atoms with van der Waals surface area (Å²) in [4.78, 5) is 4.44. The smallest absolute Gasteiger partial charge is 0.125 e. The molecule has 0 amide bonds. The lowest BCUT2D eigenvalue weighted by molar-refractivity contribution is 0.626. The molecule has 3 aromatic rings. The molecule has 0 aliphatic rings. The van der Waals surface area contributed by atoms with Crippen LogP contribution in [0, 0.1) is 5.82 Å². The summed E-state index contributed by atoms with van der Waals surface area (Å²) in [6.07, 6.45) is 0.898. The number of benzene rings is 1. The number of imidazole rings is 1. The van der Waals surface area contributed by atoms with E-state index in [9.17, 15) is 4.39 Å². The molecular weight excluding hydrogens is 283 g/mol. The highest BCUT2D eigenvalue weighted by atomic mass is 35.5. The first-order valence-corrected chi connectivity index (χ1v) is 7.47. The molecule has 0 saturated carbocycles. The van der Waals surface area contributed by atoms with E-state index >= 15 is 0 Å². The lowest BCUT2D eigenvalue weighted by atomic mass is 10.2. The number of hydrogen-bond acceptors (Lipinski definition) is 2. The van der Waals surface area contributed by atoms with Gasteiger partial charge >= 0.3 is 0 Å². The van der Waals surface area contributed by atoms with Crippen molar-refractivity contribution in [2.45, 2.75) is 18.8 Å². The van der Waals surface area contributed by atoms with Crippen molar-refractivity contribution in [3.05, 3.63) is 52.2 Å². The van der Waals surface area contributed by atoms with Crippen LogP contribution in [0.5, 0.6) is 0 Å². The SMILES string of the molecule is Fc1ccc2nc(CCl)n(CCc3ccsc3)c2c1. The van der Waals surface area contributed by atoms with Crippen molar-refractivity contribution in [3.63, 3.8) is 0 Å². The second-order valence-electron chi connectivity index (χ2n) is 4.33. The van der Waals surface area contributed by atoms with E-state index in [-0.39, 0.29) is 5.82 Å². The second kappa shape index (κ2) is 5.31. The van der Waals surface area contributed by atoms with Crippen molar-refractivity contribution >= 4 is 34.0 Å². The molecule has 3 rings (SSSR count). The van der Waals surface area contributed by atoms with Crippen LogP contribution in [0.15, 0.2) is 35.0 Å². The highest BCUT2D eigenvalue weighted by molar-refractivity contribution is 7.07. The molecule has 98 valence electrons. The minimum atomic E-state index is -0.245. The van der Waals surface area contributed by atoms with Gasteiger partial charge in [-0.2, -0.15) is 11.3 Å². The van der Waals surface area contributed by atoms with Crippen LogP contribution >= 0.6 is 22.9 Å². The molecule has 0 fully saturated rings. The third kappa shape index (κ3) is 2.51. The molecule has 0 radical (unpaired) electrons. The van der Waals surface area contributed by atoms with Crippen LogP contribution in [0.3, 0.4) is 0 Å². The Morgan fingerprint density at radius 2 is 2.21 bits per heavy atom. The summed E-state index contributed by atoms with van der Waals surface area (Å²) in [5, 5.41) is 4.18. The molecule has 0 aliphatic heterocycles. The van der Waals surface area contributed by atoms with Gasteiger partial charge in [-0.05, 0) is 47.0 Å². The predicted molar refractivity (Wildman–Crippen MR) is 77.3 cm³/mol. The lowest BCUT2D eigenvalue weighted by Crippen LogP contribution is -2.04. The minimum Gasteiger partial charge on any atom is -0.327 e. The molecule has 0 N–H and O–H groups in total. The summed E-state index contributed by atoms with van der Waals surface area (Å²) in [5.41, 5.74) is 2.89. The molecule has 0 atom stereocenters. The van der Waals surface area contributed by atoms with Crippen molar-refractivity contribution in [2.75, 3.05) is 0 Å². The number of hydrogen-bond donors (Lipinski definition) is 0. The molecule has 19 heavy (non-hydrogen) atoms. The topological polar surface area (TPSA) is 17.8 Å². The van der Waals surface area contributed by atoms with Crippen LogP contribution in [0.1, 0.15) is 11.4 Å². The first-order chi connectivity index (χ1) is 9.28. The Morgan fingerprint density at radius 1 is 1.32 bits per heavy atom. The largest absolute Gasteiger partial charge is 0.327 e. The third-order valence-corrected chi connectivity index (χ3v) is 4.08. The van der Waals surface area contributed by atoms with Crippen molar-refractivity contribution < 1.29 is 4.39 Å². The number of halogens is 2. The zero-order chi connectivity index (χ0) is 13.2. The fraction of sp³-hybridized carbons (Fsp3) is 0.214. The highest BCUT2D eigenvalue weighted by Gasteiger charge is 2.10. The number of fused-ring (bicyclic) bond motifs is 1. The van der Waals surface area contributed by atoms with Gasteiger partial charge in [-0.15, -0.1) is 11.6 Å². The second-order valence-corrected chi connectivity index (χ2v) is 5.38. The number of rotatable bonds is 4. The minimum absolute atomic E-state index is 0.245. The van der Waals surface area contributed by atoms with Crippen LogP contribution in [0.2, 0.25) is 0 Å². The van der Waals surface area contributed by atoms with E-state index < -0.39 is 0 Å². The molecule has 1 aromatic carbocycles. The Hall–Kier alpha value is -1.39. The Morgan fingerprint density at radius 3 is 2.95 bits per heavy atom. The molecule has 2 nitrogen and oxygen atoms in total. The van der Waals surface area contributed by atoms with Gasteiger partial charge < -0.3 is 4.57 Å². The fourth-order valence-electron chi connectivity index (χ4n) is 2.17. The van der Waals surface area contributed by atoms with Crippen LogP contribution < -0.4 is 0 Å². The number of nitrogens with zero attached hydrogens (tertiary/aromatic N) is 2. The number of alkyl halides is 1. The summed E-state index contributed by atoms with van der Waals surface area (Å²) < 4.78 is 15.4. The van der Waals surface area contributed by atoms with Gasteiger partial charge in [0.15, 0.2) is 0 Å². The Labute approximate surface area is 119 Å². The van der Waals surface area contributed by atoms with Crippen molar-refractivity contribution in [2.24, 2.45) is 0 Å². The molecule has 0 bridgehead atoms. The average Bonchev–Trinajstić information content (AvgIpc) is 3.03. The van der Waals surface area contributed by atoms with E-state index in [0.717, 1.165) is 29.8 Å². The van der Waals surface area contributed by atoms with Crippen molar-refractivity contribution in [3.8, 4) is 0 Å². The quantitative estimate of drug-likeness (QED) is 0.659. The van der Waals surface area contributed by atoms with Gasteiger partial charge in [0.25, 0.3) is 0 Å². The van der Waals surface area contributed by atoms with E-state index in [1.54, 1.807) is 17.4 Å². The van der Waals surface area contributed by atoms with Crippen LogP contribution in [0.25, 0.3) is 11.0 Å². The normalized spacial score (nSPS) is 11.3. The van der Waals surface area contributed by atoms with Crippen molar-refractivity contribution in [1.29, 1.82) is 0 Å². The highest BCUT2D eigenvalue weighted by Crippen LogP contribution is 2.20. The van der Waals surface area contributed by atoms with Gasteiger partial charge in [-0.25, -0.2) is 9.37 Å². The first-order valence-electron chi connectivity index (χ1n) is 5.99. The van der Waals surface area contributed by atoms with Crippen LogP contribution in [-0.4, -0.2) is 9.55 Å². The third-order valence-electron chi connectivity index (χ3n) is 3.11. The molecular formula is C14H12ClFN2S. The average molecular weight is 295 g/mol. The molecule has 2 heterocycles. The van der Waals surface area contributed by atoms with E-state index in [1.165, 1.54) is 17.7 Å². The van der Waals surface area contributed by atoms with Gasteiger partial charge in [0.05, 0.1) is 16.9 Å². The summed E-state index contributed by atoms with van der Waals surface area (Å²) in [7, 11) is 0. The van der Waals surface area contributed by atoms with Gasteiger partial charge in [0.2, 0.25) is 0 Å². The summed E-state index contributed by atoms with van der Waals surface area (Å²) in [5.74, 6) is 0.878. The molecule has 0 saturated heterocycles. The van der Waals surface area contributed by atoms with Crippen LogP contribution in [-0.2, 0) is 18.8 Å². The van der Waals surface area contributed by atoms with Gasteiger partial charge in [0.1, 0.15) is 11.6 Å². The summed E-state index contributed by atoms with van der Waals surface area (Å²) in [6, 6.07) is 6.75. The van der Waals surface area contributed by atoms with E-state index in [4.69, 9.17) is 11.6 Å². The molecule has 2 aromatic heterocycles. The number of thiophene rings is 1. The maximum atomic E-state index is 13.4. The molecule has 0 spiro atoms. The molecule has 0 aliphatic carbocycles. The number of aromatic nitrogens is 2. The van der Waals surface area contributed by atoms with Gasteiger partial charge in [-0.3, -0.25) is 0 Å². The van der Waals surface area contributed by atoms with E-state index in [1.807, 2.05) is 4.57 Å². The van der Waals surface area contributed by atoms with Crippen LogP contribution in [0.4, 0.5) is 4.39 Å².